The van der Waals surface area contributed by atoms with Gasteiger partial charge in [-0.2, -0.15) is 0 Å². The smallest absolute Gasteiger partial charge is 0.0943 e. The Labute approximate surface area is 94.4 Å². The van der Waals surface area contributed by atoms with Crippen molar-refractivity contribution in [1.82, 2.24) is 9.59 Å². The van der Waals surface area contributed by atoms with E-state index in [1.54, 1.807) is 7.11 Å². The average Bonchev–Trinajstić information content (AvgIpc) is 2.72. The standard InChI is InChI=1S/C10H18N2O2S/c1-4-8-10(15-12-11-8)9(13)7(2)5-6-14-3/h7,9,13H,4-6H2,1-3H3. The highest BCUT2D eigenvalue weighted by molar-refractivity contribution is 7.05. The molecule has 1 aromatic heterocycles. The van der Waals surface area contributed by atoms with E-state index >= 15 is 0 Å². The van der Waals surface area contributed by atoms with Crippen LogP contribution in [0.25, 0.3) is 0 Å². The van der Waals surface area contributed by atoms with Crippen LogP contribution in [-0.4, -0.2) is 28.4 Å². The molecule has 2 unspecified atom stereocenters. The third-order valence-electron chi connectivity index (χ3n) is 2.50. The summed E-state index contributed by atoms with van der Waals surface area (Å²) in [6.07, 6.45) is 1.20. The third kappa shape index (κ3) is 3.22. The zero-order chi connectivity index (χ0) is 11.3. The molecule has 15 heavy (non-hydrogen) atoms. The predicted molar refractivity (Wildman–Crippen MR) is 59.9 cm³/mol. The number of aryl methyl sites for hydroxylation is 1. The summed E-state index contributed by atoms with van der Waals surface area (Å²) < 4.78 is 8.87. The minimum atomic E-state index is -0.463. The van der Waals surface area contributed by atoms with Crippen LogP contribution < -0.4 is 0 Å². The molecule has 5 heteroatoms. The Kier molecular flexibility index (Phi) is 5.14. The van der Waals surface area contributed by atoms with Crippen LogP contribution in [0.3, 0.4) is 0 Å². The first-order valence-corrected chi connectivity index (χ1v) is 5.96. The molecule has 2 atom stereocenters. The summed E-state index contributed by atoms with van der Waals surface area (Å²) in [7, 11) is 1.67. The molecule has 1 heterocycles. The molecule has 4 nitrogen and oxygen atoms in total. The van der Waals surface area contributed by atoms with Gasteiger partial charge in [-0.15, -0.1) is 5.10 Å². The van der Waals surface area contributed by atoms with Crippen molar-refractivity contribution < 1.29 is 9.84 Å². The molecule has 0 aliphatic rings. The Morgan fingerprint density at radius 2 is 2.27 bits per heavy atom. The zero-order valence-corrected chi connectivity index (χ0v) is 10.3. The average molecular weight is 230 g/mol. The summed E-state index contributed by atoms with van der Waals surface area (Å²) in [5, 5.41) is 14.1. The minimum Gasteiger partial charge on any atom is -0.387 e. The van der Waals surface area contributed by atoms with Gasteiger partial charge in [-0.1, -0.05) is 18.3 Å². The van der Waals surface area contributed by atoms with Gasteiger partial charge in [-0.3, -0.25) is 0 Å². The normalized spacial score (nSPS) is 15.2. The Morgan fingerprint density at radius 3 is 2.87 bits per heavy atom. The van der Waals surface area contributed by atoms with E-state index in [4.69, 9.17) is 4.74 Å². The summed E-state index contributed by atoms with van der Waals surface area (Å²) >= 11 is 1.29. The van der Waals surface area contributed by atoms with E-state index < -0.39 is 6.10 Å². The number of hydrogen-bond acceptors (Lipinski definition) is 5. The number of aliphatic hydroxyl groups is 1. The largest absolute Gasteiger partial charge is 0.387 e. The van der Waals surface area contributed by atoms with Crippen molar-refractivity contribution in [3.63, 3.8) is 0 Å². The second-order valence-electron chi connectivity index (χ2n) is 3.64. The van der Waals surface area contributed by atoms with Crippen molar-refractivity contribution in [2.75, 3.05) is 13.7 Å². The Bertz CT molecular complexity index is 291. The van der Waals surface area contributed by atoms with Crippen LogP contribution >= 0.6 is 11.5 Å². The summed E-state index contributed by atoms with van der Waals surface area (Å²) in [6, 6.07) is 0. The van der Waals surface area contributed by atoms with Gasteiger partial charge in [0.15, 0.2) is 0 Å². The summed E-state index contributed by atoms with van der Waals surface area (Å²) in [5.41, 5.74) is 0.914. The van der Waals surface area contributed by atoms with Crippen molar-refractivity contribution in [3.8, 4) is 0 Å². The molecule has 0 aliphatic carbocycles. The molecular formula is C10H18N2O2S. The maximum Gasteiger partial charge on any atom is 0.0943 e. The second kappa shape index (κ2) is 6.15. The van der Waals surface area contributed by atoms with Crippen molar-refractivity contribution in [2.45, 2.75) is 32.8 Å². The van der Waals surface area contributed by atoms with Gasteiger partial charge in [0, 0.05) is 13.7 Å². The molecule has 0 aromatic carbocycles. The summed E-state index contributed by atoms with van der Waals surface area (Å²) in [4.78, 5) is 0.904. The molecule has 0 radical (unpaired) electrons. The van der Waals surface area contributed by atoms with Gasteiger partial charge in [0.05, 0.1) is 16.7 Å². The Hall–Kier alpha value is -0.520. The van der Waals surface area contributed by atoms with E-state index in [9.17, 15) is 5.11 Å². The van der Waals surface area contributed by atoms with Crippen LogP contribution in [0.4, 0.5) is 0 Å². The van der Waals surface area contributed by atoms with E-state index in [0.717, 1.165) is 23.4 Å². The SMILES string of the molecule is CCc1nnsc1C(O)C(C)CCOC. The van der Waals surface area contributed by atoms with Gasteiger partial charge in [-0.05, 0) is 30.3 Å². The fourth-order valence-electron chi connectivity index (χ4n) is 1.41. The van der Waals surface area contributed by atoms with E-state index in [1.807, 2.05) is 13.8 Å². The first-order valence-electron chi connectivity index (χ1n) is 5.18. The third-order valence-corrected chi connectivity index (χ3v) is 3.34. The quantitative estimate of drug-likeness (QED) is 0.809. The maximum absolute atomic E-state index is 10.1. The number of nitrogens with zero attached hydrogens (tertiary/aromatic N) is 2. The van der Waals surface area contributed by atoms with Crippen LogP contribution in [0.2, 0.25) is 0 Å². The fourth-order valence-corrected chi connectivity index (χ4v) is 2.26. The lowest BCUT2D eigenvalue weighted by atomic mass is 9.99. The molecule has 0 fully saturated rings. The summed E-state index contributed by atoms with van der Waals surface area (Å²) in [6.45, 7) is 4.71. The fraction of sp³-hybridized carbons (Fsp3) is 0.800. The molecule has 86 valence electrons. The minimum absolute atomic E-state index is 0.178. The zero-order valence-electron chi connectivity index (χ0n) is 9.43. The first-order chi connectivity index (χ1) is 7.20. The van der Waals surface area contributed by atoms with Crippen LogP contribution in [0.1, 0.15) is 36.9 Å². The van der Waals surface area contributed by atoms with E-state index in [1.165, 1.54) is 11.5 Å². The number of aliphatic hydroxyl groups excluding tert-OH is 1. The highest BCUT2D eigenvalue weighted by atomic mass is 32.1. The van der Waals surface area contributed by atoms with Crippen LogP contribution in [0.15, 0.2) is 0 Å². The van der Waals surface area contributed by atoms with Gasteiger partial charge >= 0.3 is 0 Å². The van der Waals surface area contributed by atoms with Crippen LogP contribution in [-0.2, 0) is 11.2 Å². The topological polar surface area (TPSA) is 55.2 Å². The summed E-state index contributed by atoms with van der Waals surface area (Å²) in [5.74, 6) is 0.178. The highest BCUT2D eigenvalue weighted by Crippen LogP contribution is 2.28. The van der Waals surface area contributed by atoms with Crippen molar-refractivity contribution in [3.05, 3.63) is 10.6 Å². The van der Waals surface area contributed by atoms with Gasteiger partial charge in [0.1, 0.15) is 0 Å². The van der Waals surface area contributed by atoms with Gasteiger partial charge in [0.25, 0.3) is 0 Å². The Morgan fingerprint density at radius 1 is 1.53 bits per heavy atom. The van der Waals surface area contributed by atoms with E-state index in [2.05, 4.69) is 9.59 Å². The van der Waals surface area contributed by atoms with E-state index in [-0.39, 0.29) is 5.92 Å². The van der Waals surface area contributed by atoms with E-state index in [0.29, 0.717) is 6.61 Å². The monoisotopic (exact) mass is 230 g/mol. The molecule has 0 spiro atoms. The lowest BCUT2D eigenvalue weighted by Crippen LogP contribution is -2.11. The number of ether oxygens (including phenoxy) is 1. The van der Waals surface area contributed by atoms with Crippen molar-refractivity contribution in [2.24, 2.45) is 5.92 Å². The lowest BCUT2D eigenvalue weighted by molar-refractivity contribution is 0.0904. The van der Waals surface area contributed by atoms with Gasteiger partial charge in [0.2, 0.25) is 0 Å². The molecule has 0 aliphatic heterocycles. The van der Waals surface area contributed by atoms with Crippen molar-refractivity contribution in [1.29, 1.82) is 0 Å². The van der Waals surface area contributed by atoms with Gasteiger partial charge < -0.3 is 9.84 Å². The first kappa shape index (κ1) is 12.5. The van der Waals surface area contributed by atoms with Crippen molar-refractivity contribution >= 4 is 11.5 Å². The molecule has 0 saturated heterocycles. The molecule has 1 N–H and O–H groups in total. The molecular weight excluding hydrogens is 212 g/mol. The maximum atomic E-state index is 10.1. The number of aromatic nitrogens is 2. The second-order valence-corrected chi connectivity index (χ2v) is 4.43. The molecule has 1 rings (SSSR count). The number of hydrogen-bond donors (Lipinski definition) is 1. The molecule has 0 bridgehead atoms. The highest BCUT2D eigenvalue weighted by Gasteiger charge is 2.21. The number of rotatable bonds is 6. The van der Waals surface area contributed by atoms with Crippen LogP contribution in [0, 0.1) is 5.92 Å². The molecule has 0 amide bonds. The lowest BCUT2D eigenvalue weighted by Gasteiger charge is -2.17. The van der Waals surface area contributed by atoms with Crippen LogP contribution in [0.5, 0.6) is 0 Å². The predicted octanol–water partition coefficient (Wildman–Crippen LogP) is 1.81. The molecule has 0 saturated carbocycles. The Balaban J connectivity index is 2.62. The molecule has 1 aromatic rings. The number of methoxy groups -OCH3 is 1. The van der Waals surface area contributed by atoms with Gasteiger partial charge in [-0.25, -0.2) is 0 Å².